The molecule has 0 aliphatic heterocycles. The number of carbonyl (C=O) groups is 2. The molecule has 0 saturated carbocycles. The Labute approximate surface area is 101 Å². The first kappa shape index (κ1) is 15.7. The lowest BCUT2D eigenvalue weighted by Gasteiger charge is -2.15. The Morgan fingerprint density at radius 2 is 2.06 bits per heavy atom. The molecule has 0 saturated heterocycles. The zero-order chi connectivity index (χ0) is 13.3. The predicted octanol–water partition coefficient (Wildman–Crippen LogP) is -0.663. The fourth-order valence-electron chi connectivity index (χ4n) is 1.04. The number of carboxylic acid groups (broad SMARTS) is 1. The highest BCUT2D eigenvalue weighted by Gasteiger charge is 2.16. The van der Waals surface area contributed by atoms with E-state index < -0.39 is 18.1 Å². The zero-order valence-electron chi connectivity index (χ0n) is 10.5. The Kier molecular flexibility index (Phi) is 8.08. The van der Waals surface area contributed by atoms with Crippen molar-refractivity contribution in [2.45, 2.75) is 13.0 Å². The molecule has 1 atom stereocenters. The van der Waals surface area contributed by atoms with E-state index in [2.05, 4.69) is 20.3 Å². The van der Waals surface area contributed by atoms with Crippen molar-refractivity contribution < 1.29 is 19.4 Å². The lowest BCUT2D eigenvalue weighted by Crippen LogP contribution is -2.44. The van der Waals surface area contributed by atoms with Crippen molar-refractivity contribution in [3.8, 4) is 0 Å². The van der Waals surface area contributed by atoms with Gasteiger partial charge in [0.15, 0.2) is 6.10 Å². The standard InChI is InChI=1S/C10H21N3O4/c1-4-13(2)6-5-11-10(16)12-7-8(17-3)9(14)15/h8H,4-7H2,1-3H3,(H,14,15)(H2,11,12,16). The van der Waals surface area contributed by atoms with Gasteiger partial charge in [-0.25, -0.2) is 9.59 Å². The fourth-order valence-corrected chi connectivity index (χ4v) is 1.04. The predicted molar refractivity (Wildman–Crippen MR) is 63.0 cm³/mol. The summed E-state index contributed by atoms with van der Waals surface area (Å²) in [5, 5.41) is 13.7. The quantitative estimate of drug-likeness (QED) is 0.529. The Bertz CT molecular complexity index is 248. The molecule has 0 bridgehead atoms. The topological polar surface area (TPSA) is 90.9 Å². The van der Waals surface area contributed by atoms with Gasteiger partial charge in [0.1, 0.15) is 0 Å². The number of aliphatic carboxylic acids is 1. The van der Waals surface area contributed by atoms with E-state index in [4.69, 9.17) is 5.11 Å². The molecule has 7 heteroatoms. The summed E-state index contributed by atoms with van der Waals surface area (Å²) in [7, 11) is 3.24. The number of nitrogens with one attached hydrogen (secondary N) is 2. The number of amides is 2. The second-order valence-corrected chi connectivity index (χ2v) is 3.60. The number of hydrogen-bond donors (Lipinski definition) is 3. The number of nitrogens with zero attached hydrogens (tertiary/aromatic N) is 1. The van der Waals surface area contributed by atoms with Gasteiger partial charge in [-0.1, -0.05) is 6.92 Å². The van der Waals surface area contributed by atoms with E-state index in [9.17, 15) is 9.59 Å². The first-order chi connectivity index (χ1) is 8.01. The van der Waals surface area contributed by atoms with Gasteiger partial charge in [0.05, 0.1) is 6.54 Å². The van der Waals surface area contributed by atoms with Crippen LogP contribution in [-0.2, 0) is 9.53 Å². The van der Waals surface area contributed by atoms with Crippen molar-refractivity contribution in [1.82, 2.24) is 15.5 Å². The maximum absolute atomic E-state index is 11.3. The second-order valence-electron chi connectivity index (χ2n) is 3.60. The van der Waals surface area contributed by atoms with Crippen LogP contribution < -0.4 is 10.6 Å². The van der Waals surface area contributed by atoms with Gasteiger partial charge in [-0.15, -0.1) is 0 Å². The van der Waals surface area contributed by atoms with E-state index in [-0.39, 0.29) is 6.54 Å². The summed E-state index contributed by atoms with van der Waals surface area (Å²) in [6.45, 7) is 4.14. The highest BCUT2D eigenvalue weighted by molar-refractivity contribution is 5.76. The molecular weight excluding hydrogens is 226 g/mol. The van der Waals surface area contributed by atoms with Gasteiger partial charge < -0.3 is 25.4 Å². The van der Waals surface area contributed by atoms with Gasteiger partial charge in [-0.2, -0.15) is 0 Å². The van der Waals surface area contributed by atoms with Crippen LogP contribution in [0.3, 0.4) is 0 Å². The van der Waals surface area contributed by atoms with Crippen molar-refractivity contribution >= 4 is 12.0 Å². The van der Waals surface area contributed by atoms with Gasteiger partial charge in [0.2, 0.25) is 0 Å². The minimum absolute atomic E-state index is 0.0543. The summed E-state index contributed by atoms with van der Waals surface area (Å²) < 4.78 is 4.67. The summed E-state index contributed by atoms with van der Waals surface area (Å²) >= 11 is 0. The molecule has 0 aromatic carbocycles. The highest BCUT2D eigenvalue weighted by atomic mass is 16.5. The first-order valence-electron chi connectivity index (χ1n) is 5.47. The SMILES string of the molecule is CCN(C)CCNC(=O)NCC(OC)C(=O)O. The minimum atomic E-state index is -1.10. The van der Waals surface area contributed by atoms with Crippen LogP contribution in [-0.4, -0.2) is 68.4 Å². The molecular formula is C10H21N3O4. The second kappa shape index (κ2) is 8.77. The normalized spacial score (nSPS) is 12.2. The molecule has 0 rings (SSSR count). The van der Waals surface area contributed by atoms with Crippen LogP contribution in [0.25, 0.3) is 0 Å². The number of urea groups is 1. The molecule has 0 aromatic heterocycles. The third-order valence-corrected chi connectivity index (χ3v) is 2.33. The zero-order valence-corrected chi connectivity index (χ0v) is 10.5. The molecule has 0 fully saturated rings. The van der Waals surface area contributed by atoms with E-state index in [1.165, 1.54) is 7.11 Å². The molecule has 0 aliphatic rings. The molecule has 3 N–H and O–H groups in total. The number of hydrogen-bond acceptors (Lipinski definition) is 4. The van der Waals surface area contributed by atoms with Crippen LogP contribution in [0.1, 0.15) is 6.92 Å². The maximum atomic E-state index is 11.3. The van der Waals surface area contributed by atoms with Crippen LogP contribution in [0.5, 0.6) is 0 Å². The number of methoxy groups -OCH3 is 1. The number of likely N-dealkylation sites (N-methyl/N-ethyl adjacent to an activating group) is 1. The van der Waals surface area contributed by atoms with Crippen LogP contribution in [0.2, 0.25) is 0 Å². The smallest absolute Gasteiger partial charge is 0.334 e. The largest absolute Gasteiger partial charge is 0.479 e. The van der Waals surface area contributed by atoms with E-state index >= 15 is 0 Å². The number of carbonyl (C=O) groups excluding carboxylic acids is 1. The van der Waals surface area contributed by atoms with E-state index in [1.807, 2.05) is 14.0 Å². The Balaban J connectivity index is 3.69. The number of ether oxygens (including phenoxy) is 1. The first-order valence-corrected chi connectivity index (χ1v) is 5.47. The summed E-state index contributed by atoms with van der Waals surface area (Å²) in [6.07, 6.45) is -1.01. The molecule has 1 unspecified atom stereocenters. The molecule has 17 heavy (non-hydrogen) atoms. The maximum Gasteiger partial charge on any atom is 0.334 e. The lowest BCUT2D eigenvalue weighted by atomic mass is 10.3. The van der Waals surface area contributed by atoms with Crippen molar-refractivity contribution in [3.05, 3.63) is 0 Å². The summed E-state index contributed by atoms with van der Waals surface area (Å²) in [6, 6.07) is -0.391. The van der Waals surface area contributed by atoms with Crippen molar-refractivity contribution in [2.75, 3.05) is 40.3 Å². The molecule has 7 nitrogen and oxygen atoms in total. The molecule has 0 radical (unpaired) electrons. The van der Waals surface area contributed by atoms with Gasteiger partial charge in [0, 0.05) is 20.2 Å². The fraction of sp³-hybridized carbons (Fsp3) is 0.800. The molecule has 0 heterocycles. The van der Waals surface area contributed by atoms with Crippen molar-refractivity contribution in [2.24, 2.45) is 0 Å². The average molecular weight is 247 g/mol. The molecule has 2 amide bonds. The third kappa shape index (κ3) is 7.53. The van der Waals surface area contributed by atoms with Crippen LogP contribution >= 0.6 is 0 Å². The third-order valence-electron chi connectivity index (χ3n) is 2.33. The molecule has 0 spiro atoms. The average Bonchev–Trinajstić information content (AvgIpc) is 2.29. The highest BCUT2D eigenvalue weighted by Crippen LogP contribution is 1.87. The van der Waals surface area contributed by atoms with Crippen molar-refractivity contribution in [3.63, 3.8) is 0 Å². The number of rotatable bonds is 8. The number of carboxylic acids is 1. The van der Waals surface area contributed by atoms with E-state index in [1.54, 1.807) is 0 Å². The summed E-state index contributed by atoms with van der Waals surface area (Å²) in [5.41, 5.74) is 0. The summed E-state index contributed by atoms with van der Waals surface area (Å²) in [4.78, 5) is 23.9. The minimum Gasteiger partial charge on any atom is -0.479 e. The van der Waals surface area contributed by atoms with Gasteiger partial charge in [0.25, 0.3) is 0 Å². The monoisotopic (exact) mass is 247 g/mol. The van der Waals surface area contributed by atoms with E-state index in [0.717, 1.165) is 13.1 Å². The lowest BCUT2D eigenvalue weighted by molar-refractivity contribution is -0.147. The Morgan fingerprint density at radius 3 is 2.53 bits per heavy atom. The van der Waals surface area contributed by atoms with Crippen LogP contribution in [0.15, 0.2) is 0 Å². The van der Waals surface area contributed by atoms with Gasteiger partial charge >= 0.3 is 12.0 Å². The Morgan fingerprint density at radius 1 is 1.41 bits per heavy atom. The molecule has 0 aliphatic carbocycles. The molecule has 0 aromatic rings. The Hall–Kier alpha value is -1.34. The molecule has 100 valence electrons. The van der Waals surface area contributed by atoms with Gasteiger partial charge in [-0.05, 0) is 13.6 Å². The summed E-state index contributed by atoms with van der Waals surface area (Å²) in [5.74, 6) is -1.10. The van der Waals surface area contributed by atoms with Crippen LogP contribution in [0.4, 0.5) is 4.79 Å². The van der Waals surface area contributed by atoms with Crippen molar-refractivity contribution in [1.29, 1.82) is 0 Å². The van der Waals surface area contributed by atoms with Crippen LogP contribution in [0, 0.1) is 0 Å². The van der Waals surface area contributed by atoms with Gasteiger partial charge in [-0.3, -0.25) is 0 Å². The van der Waals surface area contributed by atoms with E-state index in [0.29, 0.717) is 6.54 Å².